The van der Waals surface area contributed by atoms with Crippen LogP contribution >= 0.6 is 11.8 Å². The van der Waals surface area contributed by atoms with E-state index in [1.165, 1.54) is 11.8 Å². The highest BCUT2D eigenvalue weighted by Crippen LogP contribution is 2.25. The van der Waals surface area contributed by atoms with Gasteiger partial charge in [0, 0.05) is 5.39 Å². The van der Waals surface area contributed by atoms with E-state index in [1.807, 2.05) is 47.0 Å². The smallest absolute Gasteiger partial charge is 0.196 e. The quantitative estimate of drug-likeness (QED) is 0.569. The summed E-state index contributed by atoms with van der Waals surface area (Å²) in [6.45, 7) is 2.07. The summed E-state index contributed by atoms with van der Waals surface area (Å²) in [5.74, 6) is 1.75. The van der Waals surface area contributed by atoms with Crippen molar-refractivity contribution in [2.75, 3.05) is 5.73 Å². The van der Waals surface area contributed by atoms with Gasteiger partial charge in [-0.25, -0.2) is 9.97 Å². The van der Waals surface area contributed by atoms with E-state index < -0.39 is 0 Å². The van der Waals surface area contributed by atoms with E-state index in [9.17, 15) is 0 Å². The Morgan fingerprint density at radius 2 is 1.84 bits per heavy atom. The molecule has 6 nitrogen and oxygen atoms in total. The Bertz CT molecular complexity index is 1040. The maximum absolute atomic E-state index is 6.05. The number of anilines is 1. The van der Waals surface area contributed by atoms with Crippen LogP contribution in [0.4, 0.5) is 5.82 Å². The van der Waals surface area contributed by atoms with Crippen molar-refractivity contribution in [1.82, 2.24) is 24.7 Å². The van der Waals surface area contributed by atoms with Gasteiger partial charge < -0.3 is 5.73 Å². The van der Waals surface area contributed by atoms with Crippen LogP contribution in [0.3, 0.4) is 0 Å². The van der Waals surface area contributed by atoms with E-state index in [-0.39, 0.29) is 0 Å². The summed E-state index contributed by atoms with van der Waals surface area (Å²) in [5.41, 5.74) is 9.13. The number of thioether (sulfide) groups is 1. The number of benzene rings is 2. The second-order valence-corrected chi connectivity index (χ2v) is 6.54. The highest BCUT2D eigenvalue weighted by atomic mass is 32.2. The van der Waals surface area contributed by atoms with Gasteiger partial charge in [-0.05, 0) is 30.7 Å². The van der Waals surface area contributed by atoms with Gasteiger partial charge in [0.05, 0.1) is 17.0 Å². The predicted molar refractivity (Wildman–Crippen MR) is 99.6 cm³/mol. The number of hydrogen-bond acceptors (Lipinski definition) is 6. The van der Waals surface area contributed by atoms with Gasteiger partial charge in [-0.2, -0.15) is 0 Å². The molecule has 124 valence electrons. The normalized spacial score (nSPS) is 11.1. The van der Waals surface area contributed by atoms with Crippen molar-refractivity contribution in [1.29, 1.82) is 0 Å². The summed E-state index contributed by atoms with van der Waals surface area (Å²) in [7, 11) is 0. The van der Waals surface area contributed by atoms with E-state index in [0.717, 1.165) is 27.3 Å². The van der Waals surface area contributed by atoms with E-state index in [2.05, 4.69) is 33.2 Å². The molecule has 0 atom stereocenters. The molecule has 2 aromatic heterocycles. The SMILES string of the molecule is Cc1ccccc1-n1cnnc1SCc1nc(N)c2ccccc2n1. The minimum absolute atomic E-state index is 0.501. The lowest BCUT2D eigenvalue weighted by Crippen LogP contribution is -2.01. The molecule has 0 saturated carbocycles. The summed E-state index contributed by atoms with van der Waals surface area (Å²) < 4.78 is 1.98. The van der Waals surface area contributed by atoms with E-state index >= 15 is 0 Å². The van der Waals surface area contributed by atoms with Crippen molar-refractivity contribution >= 4 is 28.5 Å². The maximum atomic E-state index is 6.05. The molecule has 2 N–H and O–H groups in total. The number of nitrogen functional groups attached to an aromatic ring is 1. The Labute approximate surface area is 149 Å². The Morgan fingerprint density at radius 3 is 2.72 bits per heavy atom. The van der Waals surface area contributed by atoms with Crippen molar-refractivity contribution in [3.05, 3.63) is 66.2 Å². The van der Waals surface area contributed by atoms with Gasteiger partial charge in [0.1, 0.15) is 18.0 Å². The number of nitrogens with zero attached hydrogens (tertiary/aromatic N) is 5. The fourth-order valence-corrected chi connectivity index (χ4v) is 3.44. The van der Waals surface area contributed by atoms with Gasteiger partial charge in [-0.1, -0.05) is 42.1 Å². The molecule has 0 bridgehead atoms. The van der Waals surface area contributed by atoms with Gasteiger partial charge in [-0.3, -0.25) is 4.57 Å². The monoisotopic (exact) mass is 348 g/mol. The molecule has 0 radical (unpaired) electrons. The second-order valence-electron chi connectivity index (χ2n) is 5.60. The van der Waals surface area contributed by atoms with Gasteiger partial charge in [0.25, 0.3) is 0 Å². The summed E-state index contributed by atoms with van der Waals surface area (Å²) >= 11 is 1.54. The third-order valence-electron chi connectivity index (χ3n) is 3.90. The largest absolute Gasteiger partial charge is 0.383 e. The molecular weight excluding hydrogens is 332 g/mol. The van der Waals surface area contributed by atoms with Gasteiger partial charge >= 0.3 is 0 Å². The van der Waals surface area contributed by atoms with Crippen LogP contribution in [-0.4, -0.2) is 24.7 Å². The van der Waals surface area contributed by atoms with Crippen LogP contribution in [0.5, 0.6) is 0 Å². The van der Waals surface area contributed by atoms with Crippen molar-refractivity contribution in [3.63, 3.8) is 0 Å². The number of hydrogen-bond donors (Lipinski definition) is 1. The number of aromatic nitrogens is 5. The third kappa shape index (κ3) is 3.06. The predicted octanol–water partition coefficient (Wildman–Crippen LogP) is 3.39. The molecule has 2 heterocycles. The lowest BCUT2D eigenvalue weighted by molar-refractivity contribution is 0.876. The first-order valence-electron chi connectivity index (χ1n) is 7.82. The molecule has 4 rings (SSSR count). The summed E-state index contributed by atoms with van der Waals surface area (Å²) in [6.07, 6.45) is 1.72. The zero-order chi connectivity index (χ0) is 17.2. The Morgan fingerprint density at radius 1 is 1.04 bits per heavy atom. The minimum Gasteiger partial charge on any atom is -0.383 e. The summed E-state index contributed by atoms with van der Waals surface area (Å²) in [5, 5.41) is 9.94. The Balaban J connectivity index is 1.61. The number of fused-ring (bicyclic) bond motifs is 1. The average molecular weight is 348 g/mol. The Hall–Kier alpha value is -2.93. The van der Waals surface area contributed by atoms with Crippen LogP contribution in [0.2, 0.25) is 0 Å². The molecule has 0 aliphatic heterocycles. The molecule has 7 heteroatoms. The van der Waals surface area contributed by atoms with Crippen LogP contribution in [0.15, 0.2) is 60.0 Å². The molecular formula is C18H16N6S. The van der Waals surface area contributed by atoms with Crippen LogP contribution in [0.25, 0.3) is 16.6 Å². The number of para-hydroxylation sites is 2. The fraction of sp³-hybridized carbons (Fsp3) is 0.111. The molecule has 25 heavy (non-hydrogen) atoms. The molecule has 0 amide bonds. The summed E-state index contributed by atoms with van der Waals surface area (Å²) in [6, 6.07) is 15.9. The van der Waals surface area contributed by atoms with E-state index in [0.29, 0.717) is 17.4 Å². The molecule has 2 aromatic carbocycles. The molecule has 4 aromatic rings. The molecule has 0 aliphatic rings. The van der Waals surface area contributed by atoms with Gasteiger partial charge in [-0.15, -0.1) is 10.2 Å². The van der Waals surface area contributed by atoms with E-state index in [1.54, 1.807) is 6.33 Å². The molecule has 0 fully saturated rings. The first-order chi connectivity index (χ1) is 12.2. The third-order valence-corrected chi connectivity index (χ3v) is 4.84. The van der Waals surface area contributed by atoms with Crippen LogP contribution in [-0.2, 0) is 5.75 Å². The molecule has 0 spiro atoms. The van der Waals surface area contributed by atoms with Crippen molar-refractivity contribution in [2.24, 2.45) is 0 Å². The molecule has 0 saturated heterocycles. The van der Waals surface area contributed by atoms with Gasteiger partial charge in [0.15, 0.2) is 5.16 Å². The zero-order valence-electron chi connectivity index (χ0n) is 13.6. The summed E-state index contributed by atoms with van der Waals surface area (Å²) in [4.78, 5) is 9.00. The highest BCUT2D eigenvalue weighted by molar-refractivity contribution is 7.98. The fourth-order valence-electron chi connectivity index (χ4n) is 2.67. The Kier molecular flexibility index (Phi) is 4.07. The van der Waals surface area contributed by atoms with Crippen LogP contribution in [0.1, 0.15) is 11.4 Å². The lowest BCUT2D eigenvalue weighted by Gasteiger charge is -2.09. The minimum atomic E-state index is 0.501. The topological polar surface area (TPSA) is 82.5 Å². The molecule has 0 aliphatic carbocycles. The first kappa shape index (κ1) is 15.6. The first-order valence-corrected chi connectivity index (χ1v) is 8.81. The van der Waals surface area contributed by atoms with Crippen molar-refractivity contribution in [3.8, 4) is 5.69 Å². The highest BCUT2D eigenvalue weighted by Gasteiger charge is 2.11. The maximum Gasteiger partial charge on any atom is 0.196 e. The van der Waals surface area contributed by atoms with Gasteiger partial charge in [0.2, 0.25) is 0 Å². The number of rotatable bonds is 4. The standard InChI is InChI=1S/C18H16N6S/c1-12-6-2-5-9-15(12)24-11-20-23-18(24)25-10-16-21-14-8-4-3-7-13(14)17(19)22-16/h2-9,11H,10H2,1H3,(H2,19,21,22). The zero-order valence-corrected chi connectivity index (χ0v) is 14.4. The average Bonchev–Trinajstić information content (AvgIpc) is 3.09. The van der Waals surface area contributed by atoms with Crippen molar-refractivity contribution < 1.29 is 0 Å². The van der Waals surface area contributed by atoms with E-state index in [4.69, 9.17) is 5.73 Å². The number of nitrogens with two attached hydrogens (primary N) is 1. The second kappa shape index (κ2) is 6.52. The number of aryl methyl sites for hydroxylation is 1. The lowest BCUT2D eigenvalue weighted by atomic mass is 10.2. The molecule has 0 unspecified atom stereocenters. The van der Waals surface area contributed by atoms with Crippen LogP contribution < -0.4 is 5.73 Å². The van der Waals surface area contributed by atoms with Crippen LogP contribution in [0, 0.1) is 6.92 Å². The van der Waals surface area contributed by atoms with Crippen molar-refractivity contribution in [2.45, 2.75) is 17.8 Å².